The molecule has 2 heterocycles. The molecule has 0 amide bonds. The van der Waals surface area contributed by atoms with Crippen LogP contribution in [0.1, 0.15) is 0 Å². The molecular weight excluding hydrogens is 599 g/mol. The van der Waals surface area contributed by atoms with Crippen LogP contribution in [-0.4, -0.2) is 0 Å². The summed E-state index contributed by atoms with van der Waals surface area (Å²) >= 11 is 0. The number of anilines is 3. The fourth-order valence-corrected chi connectivity index (χ4v) is 7.18. The molecule has 0 radical (unpaired) electrons. The SMILES string of the molecule is c1ccc(-c2ccc(N(c3ccc4ccccc4c3)c3ccc4c(c3)oc3cc5c(cc34)oc3ccc(-c4ccccc4)cc35)cc2)cc1. The highest BCUT2D eigenvalue weighted by atomic mass is 16.3. The molecule has 10 rings (SSSR count). The maximum absolute atomic E-state index is 6.64. The molecular formula is C46H29NO2. The second-order valence-electron chi connectivity index (χ2n) is 12.6. The van der Waals surface area contributed by atoms with Crippen molar-refractivity contribution in [2.45, 2.75) is 0 Å². The van der Waals surface area contributed by atoms with Crippen molar-refractivity contribution in [3.05, 3.63) is 176 Å². The summed E-state index contributed by atoms with van der Waals surface area (Å²) in [6.45, 7) is 0. The van der Waals surface area contributed by atoms with Crippen LogP contribution in [0.4, 0.5) is 17.1 Å². The van der Waals surface area contributed by atoms with Crippen molar-refractivity contribution in [3.63, 3.8) is 0 Å². The lowest BCUT2D eigenvalue weighted by molar-refractivity contribution is 0.664. The summed E-state index contributed by atoms with van der Waals surface area (Å²) in [4.78, 5) is 2.30. The molecule has 230 valence electrons. The Morgan fingerprint density at radius 3 is 1.55 bits per heavy atom. The molecule has 10 aromatic rings. The average Bonchev–Trinajstić information content (AvgIpc) is 3.71. The zero-order chi connectivity index (χ0) is 32.3. The highest BCUT2D eigenvalue weighted by Gasteiger charge is 2.18. The summed E-state index contributed by atoms with van der Waals surface area (Å²) in [5.74, 6) is 0. The first-order valence-electron chi connectivity index (χ1n) is 16.6. The van der Waals surface area contributed by atoms with Crippen molar-refractivity contribution in [2.24, 2.45) is 0 Å². The van der Waals surface area contributed by atoms with E-state index in [1.54, 1.807) is 0 Å². The van der Waals surface area contributed by atoms with Gasteiger partial charge in [0.05, 0.1) is 0 Å². The predicted octanol–water partition coefficient (Wildman–Crippen LogP) is 13.4. The van der Waals surface area contributed by atoms with Crippen LogP contribution >= 0.6 is 0 Å². The number of benzene rings is 8. The van der Waals surface area contributed by atoms with E-state index >= 15 is 0 Å². The maximum Gasteiger partial charge on any atom is 0.137 e. The molecule has 0 bridgehead atoms. The van der Waals surface area contributed by atoms with Gasteiger partial charge in [0.2, 0.25) is 0 Å². The Morgan fingerprint density at radius 2 is 0.796 bits per heavy atom. The quantitative estimate of drug-likeness (QED) is 0.190. The minimum atomic E-state index is 0.834. The molecule has 3 heteroatoms. The van der Waals surface area contributed by atoms with Gasteiger partial charge in [0, 0.05) is 44.7 Å². The standard InChI is InChI=1S/C46H29NO2/c1-3-9-30(10-4-1)33-15-19-36(20-16-33)47(37-21-17-32-13-7-8-14-34(32)25-37)38-22-23-39-41-28-46-42(29-45(41)49-44(39)27-38)40-26-35(18-24-43(40)48-46)31-11-5-2-6-12-31/h1-29H. The Kier molecular flexibility index (Phi) is 6.18. The van der Waals surface area contributed by atoms with Gasteiger partial charge in [0.25, 0.3) is 0 Å². The summed E-state index contributed by atoms with van der Waals surface area (Å²) in [6, 6.07) is 62.1. The van der Waals surface area contributed by atoms with Gasteiger partial charge in [0.15, 0.2) is 0 Å². The molecule has 49 heavy (non-hydrogen) atoms. The largest absolute Gasteiger partial charge is 0.456 e. The second-order valence-corrected chi connectivity index (χ2v) is 12.6. The van der Waals surface area contributed by atoms with Gasteiger partial charge in [-0.2, -0.15) is 0 Å². The summed E-state index contributed by atoms with van der Waals surface area (Å²) in [5, 5.41) is 6.65. The first-order chi connectivity index (χ1) is 24.2. The first kappa shape index (κ1) is 27.5. The van der Waals surface area contributed by atoms with Gasteiger partial charge < -0.3 is 13.7 Å². The van der Waals surface area contributed by atoms with Gasteiger partial charge in [-0.05, 0) is 93.7 Å². The van der Waals surface area contributed by atoms with Crippen LogP contribution < -0.4 is 4.90 Å². The van der Waals surface area contributed by atoms with Crippen LogP contribution in [0.25, 0.3) is 76.9 Å². The monoisotopic (exact) mass is 627 g/mol. The van der Waals surface area contributed by atoms with Crippen molar-refractivity contribution in [3.8, 4) is 22.3 Å². The van der Waals surface area contributed by atoms with Crippen LogP contribution in [0, 0.1) is 0 Å². The third-order valence-electron chi connectivity index (χ3n) is 9.64. The van der Waals surface area contributed by atoms with Gasteiger partial charge >= 0.3 is 0 Å². The van der Waals surface area contributed by atoms with E-state index in [0.29, 0.717) is 0 Å². The van der Waals surface area contributed by atoms with E-state index < -0.39 is 0 Å². The second kappa shape index (κ2) is 11.0. The molecule has 0 fully saturated rings. The highest BCUT2D eigenvalue weighted by molar-refractivity contribution is 6.15. The molecule has 0 aliphatic heterocycles. The molecule has 0 N–H and O–H groups in total. The molecule has 0 aliphatic rings. The fourth-order valence-electron chi connectivity index (χ4n) is 7.18. The van der Waals surface area contributed by atoms with Gasteiger partial charge in [-0.1, -0.05) is 109 Å². The number of rotatable bonds is 5. The Labute approximate surface area is 282 Å². The van der Waals surface area contributed by atoms with Gasteiger partial charge in [-0.15, -0.1) is 0 Å². The molecule has 0 saturated carbocycles. The van der Waals surface area contributed by atoms with Crippen LogP contribution in [0.2, 0.25) is 0 Å². The molecule has 8 aromatic carbocycles. The summed E-state index contributed by atoms with van der Waals surface area (Å²) in [6.07, 6.45) is 0. The van der Waals surface area contributed by atoms with Crippen molar-refractivity contribution in [1.29, 1.82) is 0 Å². The Hall–Kier alpha value is -6.58. The van der Waals surface area contributed by atoms with E-state index in [1.807, 2.05) is 6.07 Å². The van der Waals surface area contributed by atoms with E-state index in [0.717, 1.165) is 66.5 Å². The van der Waals surface area contributed by atoms with Crippen molar-refractivity contribution < 1.29 is 8.83 Å². The van der Waals surface area contributed by atoms with E-state index in [4.69, 9.17) is 8.83 Å². The zero-order valence-electron chi connectivity index (χ0n) is 26.5. The number of furan rings is 2. The summed E-state index contributed by atoms with van der Waals surface area (Å²) in [7, 11) is 0. The Bertz CT molecular complexity index is 2810. The summed E-state index contributed by atoms with van der Waals surface area (Å²) < 4.78 is 13.0. The molecule has 0 atom stereocenters. The third-order valence-corrected chi connectivity index (χ3v) is 9.64. The predicted molar refractivity (Wildman–Crippen MR) is 204 cm³/mol. The average molecular weight is 628 g/mol. The number of nitrogens with zero attached hydrogens (tertiary/aromatic N) is 1. The maximum atomic E-state index is 6.64. The minimum absolute atomic E-state index is 0.834. The Morgan fingerprint density at radius 1 is 0.286 bits per heavy atom. The zero-order valence-corrected chi connectivity index (χ0v) is 26.5. The highest BCUT2D eigenvalue weighted by Crippen LogP contribution is 2.42. The Balaban J connectivity index is 1.11. The third kappa shape index (κ3) is 4.67. The van der Waals surface area contributed by atoms with Gasteiger partial charge in [0.1, 0.15) is 22.3 Å². The van der Waals surface area contributed by atoms with Crippen molar-refractivity contribution >= 4 is 71.7 Å². The van der Waals surface area contributed by atoms with Crippen LogP contribution in [0.5, 0.6) is 0 Å². The van der Waals surface area contributed by atoms with Gasteiger partial charge in [-0.25, -0.2) is 0 Å². The molecule has 3 nitrogen and oxygen atoms in total. The number of hydrogen-bond acceptors (Lipinski definition) is 3. The summed E-state index contributed by atoms with van der Waals surface area (Å²) in [5.41, 5.74) is 11.3. The van der Waals surface area contributed by atoms with Crippen LogP contribution in [0.3, 0.4) is 0 Å². The number of fused-ring (bicyclic) bond motifs is 7. The first-order valence-corrected chi connectivity index (χ1v) is 16.6. The molecule has 0 unspecified atom stereocenters. The lowest BCUT2D eigenvalue weighted by Crippen LogP contribution is -2.09. The van der Waals surface area contributed by atoms with E-state index in [1.165, 1.54) is 27.5 Å². The molecule has 0 aliphatic carbocycles. The van der Waals surface area contributed by atoms with E-state index in [9.17, 15) is 0 Å². The van der Waals surface area contributed by atoms with E-state index in [-0.39, 0.29) is 0 Å². The van der Waals surface area contributed by atoms with Crippen LogP contribution in [-0.2, 0) is 0 Å². The van der Waals surface area contributed by atoms with Crippen LogP contribution in [0.15, 0.2) is 185 Å². The minimum Gasteiger partial charge on any atom is -0.456 e. The smallest absolute Gasteiger partial charge is 0.137 e. The van der Waals surface area contributed by atoms with Crippen molar-refractivity contribution in [2.75, 3.05) is 4.90 Å². The lowest BCUT2D eigenvalue weighted by atomic mass is 10.0. The lowest BCUT2D eigenvalue weighted by Gasteiger charge is -2.26. The van der Waals surface area contributed by atoms with Crippen molar-refractivity contribution in [1.82, 2.24) is 0 Å². The molecule has 2 aromatic heterocycles. The van der Waals surface area contributed by atoms with Gasteiger partial charge in [-0.3, -0.25) is 0 Å². The molecule has 0 spiro atoms. The normalized spacial score (nSPS) is 11.7. The number of hydrogen-bond donors (Lipinski definition) is 0. The van der Waals surface area contributed by atoms with E-state index in [2.05, 4.69) is 175 Å². The topological polar surface area (TPSA) is 29.5 Å². The molecule has 0 saturated heterocycles. The fraction of sp³-hybridized carbons (Fsp3) is 0.